The Balaban J connectivity index is 2.31. The van der Waals surface area contributed by atoms with Gasteiger partial charge in [0.2, 0.25) is 0 Å². The second kappa shape index (κ2) is 3.74. The molecule has 76 valence electrons. The first-order chi connectivity index (χ1) is 7.93. The van der Waals surface area contributed by atoms with E-state index in [1.54, 1.807) is 0 Å². The van der Waals surface area contributed by atoms with Gasteiger partial charge >= 0.3 is 0 Å². The molecule has 3 rings (SSSR count). The van der Waals surface area contributed by atoms with Crippen molar-refractivity contribution >= 4 is 23.2 Å². The highest BCUT2D eigenvalue weighted by Crippen LogP contribution is 2.16. The third-order valence-corrected chi connectivity index (χ3v) is 2.47. The summed E-state index contributed by atoms with van der Waals surface area (Å²) in [6, 6.07) is 7.92. The molecule has 2 nitrogen and oxygen atoms in total. The van der Waals surface area contributed by atoms with Crippen LogP contribution in [0.25, 0.3) is 23.2 Å². The molecule has 0 bridgehead atoms. The Labute approximate surface area is 93.7 Å². The Morgan fingerprint density at radius 2 is 1.12 bits per heavy atom. The first-order valence-electron chi connectivity index (χ1n) is 5.22. The summed E-state index contributed by atoms with van der Waals surface area (Å²) in [4.78, 5) is 9.17. The third-order valence-electron chi connectivity index (χ3n) is 2.47. The highest BCUT2D eigenvalue weighted by Gasteiger charge is 2.03. The summed E-state index contributed by atoms with van der Waals surface area (Å²) < 4.78 is 0. The van der Waals surface area contributed by atoms with E-state index in [-0.39, 0.29) is 0 Å². The van der Waals surface area contributed by atoms with Crippen molar-refractivity contribution in [3.05, 3.63) is 60.0 Å². The largest absolute Gasteiger partial charge is 0.245 e. The van der Waals surface area contributed by atoms with Crippen LogP contribution in [-0.2, 0) is 0 Å². The average molecular weight is 206 g/mol. The van der Waals surface area contributed by atoms with E-state index in [0.29, 0.717) is 0 Å². The van der Waals surface area contributed by atoms with Crippen LogP contribution in [0.15, 0.2) is 48.6 Å². The molecule has 0 unspecified atom stereocenters. The van der Waals surface area contributed by atoms with E-state index in [2.05, 4.69) is 9.97 Å². The Morgan fingerprint density at radius 3 is 1.62 bits per heavy atom. The molecule has 1 aromatic carbocycles. The van der Waals surface area contributed by atoms with Crippen molar-refractivity contribution in [2.24, 2.45) is 0 Å². The monoisotopic (exact) mass is 206 g/mol. The van der Waals surface area contributed by atoms with Gasteiger partial charge < -0.3 is 0 Å². The summed E-state index contributed by atoms with van der Waals surface area (Å²) >= 11 is 0. The van der Waals surface area contributed by atoms with Crippen LogP contribution in [0.2, 0.25) is 0 Å². The van der Waals surface area contributed by atoms with Gasteiger partial charge in [-0.1, -0.05) is 36.4 Å². The molecule has 1 aliphatic rings. The number of para-hydroxylation sites is 2. The van der Waals surface area contributed by atoms with Gasteiger partial charge in [0.25, 0.3) is 0 Å². The van der Waals surface area contributed by atoms with Gasteiger partial charge in [0.05, 0.1) is 22.4 Å². The van der Waals surface area contributed by atoms with Crippen LogP contribution >= 0.6 is 0 Å². The van der Waals surface area contributed by atoms with Gasteiger partial charge in [-0.25, -0.2) is 9.97 Å². The standard InChI is InChI=1S/C14H10N2/c1-2-4-8-12-11(7-3-1)15-13-9-5-6-10-14(13)16-12/h1-10H. The van der Waals surface area contributed by atoms with E-state index < -0.39 is 0 Å². The van der Waals surface area contributed by atoms with Crippen LogP contribution in [0.3, 0.4) is 0 Å². The number of rotatable bonds is 0. The zero-order chi connectivity index (χ0) is 10.8. The SMILES string of the molecule is C1=CC=Cc2nc3ccccc3nc2C=C1. The molecule has 1 heterocycles. The first kappa shape index (κ1) is 9.04. The minimum Gasteiger partial charge on any atom is -0.245 e. The van der Waals surface area contributed by atoms with Crippen LogP contribution in [0.1, 0.15) is 11.4 Å². The van der Waals surface area contributed by atoms with Crippen LogP contribution < -0.4 is 0 Å². The van der Waals surface area contributed by atoms with Gasteiger partial charge in [-0.05, 0) is 24.3 Å². The van der Waals surface area contributed by atoms with Crippen molar-refractivity contribution in [1.82, 2.24) is 9.97 Å². The normalized spacial score (nSPS) is 13.5. The lowest BCUT2D eigenvalue weighted by Gasteiger charge is -2.03. The van der Waals surface area contributed by atoms with Crippen molar-refractivity contribution in [1.29, 1.82) is 0 Å². The number of aromatic nitrogens is 2. The molecule has 0 saturated heterocycles. The van der Waals surface area contributed by atoms with E-state index in [1.807, 2.05) is 60.7 Å². The minimum atomic E-state index is 0.916. The number of hydrogen-bond donors (Lipinski definition) is 0. The van der Waals surface area contributed by atoms with Gasteiger partial charge in [0.1, 0.15) is 0 Å². The number of nitrogens with zero attached hydrogens (tertiary/aromatic N) is 2. The van der Waals surface area contributed by atoms with E-state index in [0.717, 1.165) is 22.4 Å². The average Bonchev–Trinajstić information content (AvgIpc) is 2.29. The van der Waals surface area contributed by atoms with Crippen molar-refractivity contribution in [3.63, 3.8) is 0 Å². The maximum atomic E-state index is 4.58. The second-order valence-electron chi connectivity index (χ2n) is 3.59. The molecule has 2 heteroatoms. The third kappa shape index (κ3) is 1.54. The zero-order valence-corrected chi connectivity index (χ0v) is 8.67. The predicted molar refractivity (Wildman–Crippen MR) is 66.7 cm³/mol. The quantitative estimate of drug-likeness (QED) is 0.661. The van der Waals surface area contributed by atoms with Crippen molar-refractivity contribution in [2.75, 3.05) is 0 Å². The van der Waals surface area contributed by atoms with Crippen molar-refractivity contribution in [3.8, 4) is 0 Å². The highest BCUT2D eigenvalue weighted by molar-refractivity contribution is 5.78. The molecule has 0 fully saturated rings. The smallest absolute Gasteiger partial charge is 0.0894 e. The number of allylic oxidation sites excluding steroid dienone is 4. The molecule has 0 spiro atoms. The lowest BCUT2D eigenvalue weighted by atomic mass is 10.2. The van der Waals surface area contributed by atoms with Gasteiger partial charge in [-0.3, -0.25) is 0 Å². The highest BCUT2D eigenvalue weighted by atomic mass is 14.8. The first-order valence-corrected chi connectivity index (χ1v) is 5.22. The van der Waals surface area contributed by atoms with Gasteiger partial charge in [0.15, 0.2) is 0 Å². The van der Waals surface area contributed by atoms with Crippen LogP contribution in [-0.4, -0.2) is 9.97 Å². The lowest BCUT2D eigenvalue weighted by Crippen LogP contribution is -1.93. The van der Waals surface area contributed by atoms with Crippen LogP contribution in [0.4, 0.5) is 0 Å². The summed E-state index contributed by atoms with van der Waals surface area (Å²) in [6.07, 6.45) is 11.9. The molecular formula is C14H10N2. The molecular weight excluding hydrogens is 196 g/mol. The molecule has 0 atom stereocenters. The summed E-state index contributed by atoms with van der Waals surface area (Å²) in [6.45, 7) is 0. The maximum absolute atomic E-state index is 4.58. The van der Waals surface area contributed by atoms with Crippen molar-refractivity contribution < 1.29 is 0 Å². The number of fused-ring (bicyclic) bond motifs is 2. The summed E-state index contributed by atoms with van der Waals surface area (Å²) in [5.41, 5.74) is 3.70. The van der Waals surface area contributed by atoms with E-state index in [1.165, 1.54) is 0 Å². The van der Waals surface area contributed by atoms with Gasteiger partial charge in [0, 0.05) is 0 Å². The molecule has 0 aliphatic heterocycles. The summed E-state index contributed by atoms with van der Waals surface area (Å²) in [5, 5.41) is 0. The van der Waals surface area contributed by atoms with Crippen LogP contribution in [0.5, 0.6) is 0 Å². The lowest BCUT2D eigenvalue weighted by molar-refractivity contribution is 1.24. The molecule has 0 radical (unpaired) electrons. The minimum absolute atomic E-state index is 0.916. The van der Waals surface area contributed by atoms with E-state index in [9.17, 15) is 0 Å². The number of hydrogen-bond acceptors (Lipinski definition) is 2. The second-order valence-corrected chi connectivity index (χ2v) is 3.59. The van der Waals surface area contributed by atoms with Crippen LogP contribution in [0, 0.1) is 0 Å². The molecule has 0 N–H and O–H groups in total. The molecule has 1 aliphatic carbocycles. The fraction of sp³-hybridized carbons (Fsp3) is 0. The number of benzene rings is 1. The molecule has 16 heavy (non-hydrogen) atoms. The topological polar surface area (TPSA) is 25.8 Å². The van der Waals surface area contributed by atoms with E-state index >= 15 is 0 Å². The fourth-order valence-electron chi connectivity index (χ4n) is 1.69. The Kier molecular flexibility index (Phi) is 2.11. The van der Waals surface area contributed by atoms with Gasteiger partial charge in [-0.2, -0.15) is 0 Å². The molecule has 1 aromatic heterocycles. The molecule has 0 amide bonds. The Bertz CT molecular complexity index is 567. The fourth-order valence-corrected chi connectivity index (χ4v) is 1.69. The summed E-state index contributed by atoms with van der Waals surface area (Å²) in [5.74, 6) is 0. The maximum Gasteiger partial charge on any atom is 0.0894 e. The van der Waals surface area contributed by atoms with Gasteiger partial charge in [-0.15, -0.1) is 0 Å². The summed E-state index contributed by atoms with van der Waals surface area (Å²) in [7, 11) is 0. The predicted octanol–water partition coefficient (Wildman–Crippen LogP) is 3.23. The zero-order valence-electron chi connectivity index (χ0n) is 8.67. The van der Waals surface area contributed by atoms with E-state index in [4.69, 9.17) is 0 Å². The Morgan fingerprint density at radius 1 is 0.625 bits per heavy atom. The Hall–Kier alpha value is -2.22. The molecule has 2 aromatic rings. The molecule has 0 saturated carbocycles. The van der Waals surface area contributed by atoms with Crippen molar-refractivity contribution in [2.45, 2.75) is 0 Å².